The standard InChI is InChI=1S/C17H17ClN6O/c1-10-16(25-5-4-19-10)11-6-13(24-15(18)7-11)12-8-14(23-9-22-12)17-20-2-3-21-17/h2-3,6-10,16,19H,4-5H2,1H3,(H,20,21). The third-order valence-electron chi connectivity index (χ3n) is 4.14. The van der Waals surface area contributed by atoms with Crippen LogP contribution in [0, 0.1) is 0 Å². The van der Waals surface area contributed by atoms with Crippen molar-refractivity contribution in [1.82, 2.24) is 30.2 Å². The van der Waals surface area contributed by atoms with Crippen LogP contribution in [0.1, 0.15) is 18.6 Å². The van der Waals surface area contributed by atoms with E-state index in [0.29, 0.717) is 34.7 Å². The van der Waals surface area contributed by atoms with Crippen molar-refractivity contribution < 1.29 is 4.74 Å². The summed E-state index contributed by atoms with van der Waals surface area (Å²) < 4.78 is 5.91. The zero-order chi connectivity index (χ0) is 17.2. The minimum atomic E-state index is -0.0700. The molecular weight excluding hydrogens is 340 g/mol. The maximum atomic E-state index is 6.26. The third kappa shape index (κ3) is 3.39. The molecule has 1 aliphatic heterocycles. The third-order valence-corrected chi connectivity index (χ3v) is 4.33. The molecule has 3 aromatic heterocycles. The molecule has 4 rings (SSSR count). The zero-order valence-electron chi connectivity index (χ0n) is 13.6. The van der Waals surface area contributed by atoms with Gasteiger partial charge in [0, 0.05) is 25.0 Å². The molecule has 0 spiro atoms. The van der Waals surface area contributed by atoms with Gasteiger partial charge in [-0.05, 0) is 30.7 Å². The number of pyridine rings is 1. The van der Waals surface area contributed by atoms with Crippen LogP contribution in [0.25, 0.3) is 22.9 Å². The Morgan fingerprint density at radius 1 is 1.12 bits per heavy atom. The first-order chi connectivity index (χ1) is 12.2. The van der Waals surface area contributed by atoms with Crippen molar-refractivity contribution in [3.05, 3.63) is 47.6 Å². The van der Waals surface area contributed by atoms with Gasteiger partial charge >= 0.3 is 0 Å². The van der Waals surface area contributed by atoms with Gasteiger partial charge in [-0.25, -0.2) is 19.9 Å². The Bertz CT molecular complexity index is 869. The summed E-state index contributed by atoms with van der Waals surface area (Å²) in [6.45, 7) is 3.61. The smallest absolute Gasteiger partial charge is 0.156 e. The minimum absolute atomic E-state index is 0.0700. The van der Waals surface area contributed by atoms with E-state index in [0.717, 1.165) is 12.1 Å². The van der Waals surface area contributed by atoms with Crippen LogP contribution >= 0.6 is 11.6 Å². The molecule has 2 atom stereocenters. The van der Waals surface area contributed by atoms with Crippen LogP contribution in [-0.4, -0.2) is 44.1 Å². The first-order valence-electron chi connectivity index (χ1n) is 8.05. The van der Waals surface area contributed by atoms with E-state index in [9.17, 15) is 0 Å². The van der Waals surface area contributed by atoms with Crippen LogP contribution in [0.4, 0.5) is 0 Å². The van der Waals surface area contributed by atoms with Gasteiger partial charge in [0.25, 0.3) is 0 Å². The number of aromatic nitrogens is 5. The maximum absolute atomic E-state index is 6.26. The van der Waals surface area contributed by atoms with Crippen molar-refractivity contribution in [1.29, 1.82) is 0 Å². The molecule has 1 fully saturated rings. The van der Waals surface area contributed by atoms with E-state index in [-0.39, 0.29) is 12.1 Å². The maximum Gasteiger partial charge on any atom is 0.156 e. The van der Waals surface area contributed by atoms with Gasteiger partial charge in [-0.2, -0.15) is 0 Å². The van der Waals surface area contributed by atoms with Crippen molar-refractivity contribution in [2.24, 2.45) is 0 Å². The second-order valence-corrected chi connectivity index (χ2v) is 6.26. The second-order valence-electron chi connectivity index (χ2n) is 5.87. The van der Waals surface area contributed by atoms with Gasteiger partial charge in [0.1, 0.15) is 17.2 Å². The number of nitrogens with one attached hydrogen (secondary N) is 2. The Morgan fingerprint density at radius 2 is 2.00 bits per heavy atom. The fourth-order valence-corrected chi connectivity index (χ4v) is 3.17. The molecule has 0 bridgehead atoms. The van der Waals surface area contributed by atoms with E-state index in [1.807, 2.05) is 18.2 Å². The van der Waals surface area contributed by atoms with Crippen molar-refractivity contribution in [3.8, 4) is 22.9 Å². The van der Waals surface area contributed by atoms with E-state index >= 15 is 0 Å². The Kier molecular flexibility index (Phi) is 4.44. The molecule has 4 heterocycles. The van der Waals surface area contributed by atoms with Gasteiger partial charge in [-0.1, -0.05) is 11.6 Å². The SMILES string of the molecule is CC1NCCOC1c1cc(Cl)nc(-c2cc(-c3ncc[nH]3)ncn2)c1. The number of aromatic amines is 1. The van der Waals surface area contributed by atoms with Crippen LogP contribution in [0.2, 0.25) is 5.15 Å². The van der Waals surface area contributed by atoms with Crippen LogP contribution in [0.5, 0.6) is 0 Å². The first-order valence-corrected chi connectivity index (χ1v) is 8.43. The molecule has 0 saturated carbocycles. The fourth-order valence-electron chi connectivity index (χ4n) is 2.95. The molecule has 0 amide bonds. The van der Waals surface area contributed by atoms with Crippen molar-refractivity contribution in [3.63, 3.8) is 0 Å². The number of hydrogen-bond acceptors (Lipinski definition) is 6. The molecule has 1 saturated heterocycles. The Morgan fingerprint density at radius 3 is 2.80 bits per heavy atom. The Balaban J connectivity index is 1.72. The summed E-state index contributed by atoms with van der Waals surface area (Å²) in [5, 5.41) is 3.82. The summed E-state index contributed by atoms with van der Waals surface area (Å²) in [4.78, 5) is 20.3. The average molecular weight is 357 g/mol. The minimum Gasteiger partial charge on any atom is -0.371 e. The highest BCUT2D eigenvalue weighted by Crippen LogP contribution is 2.29. The number of halogens is 1. The second kappa shape index (κ2) is 6.87. The molecule has 1 aliphatic rings. The largest absolute Gasteiger partial charge is 0.371 e. The Labute approximate surface area is 149 Å². The van der Waals surface area contributed by atoms with Crippen molar-refractivity contribution >= 4 is 11.6 Å². The lowest BCUT2D eigenvalue weighted by atomic mass is 10.0. The molecule has 0 aromatic carbocycles. The molecule has 0 radical (unpaired) electrons. The summed E-state index contributed by atoms with van der Waals surface area (Å²) in [6, 6.07) is 5.84. The molecule has 25 heavy (non-hydrogen) atoms. The summed E-state index contributed by atoms with van der Waals surface area (Å²) in [6.07, 6.45) is 4.86. The predicted molar refractivity (Wildman–Crippen MR) is 94.0 cm³/mol. The zero-order valence-corrected chi connectivity index (χ0v) is 14.4. The number of hydrogen-bond donors (Lipinski definition) is 2. The molecule has 128 valence electrons. The lowest BCUT2D eigenvalue weighted by Gasteiger charge is -2.30. The molecule has 7 nitrogen and oxygen atoms in total. The topological polar surface area (TPSA) is 88.6 Å². The molecule has 2 N–H and O–H groups in total. The monoisotopic (exact) mass is 356 g/mol. The molecular formula is C17H17ClN6O. The molecule has 8 heteroatoms. The molecule has 2 unspecified atom stereocenters. The fraction of sp³-hybridized carbons (Fsp3) is 0.294. The van der Waals surface area contributed by atoms with Gasteiger partial charge in [0.15, 0.2) is 5.82 Å². The number of H-pyrrole nitrogens is 1. The van der Waals surface area contributed by atoms with E-state index in [4.69, 9.17) is 16.3 Å². The van der Waals surface area contributed by atoms with Crippen LogP contribution in [0.15, 0.2) is 36.9 Å². The number of imidazole rings is 1. The van der Waals surface area contributed by atoms with Gasteiger partial charge in [0.05, 0.1) is 24.1 Å². The van der Waals surface area contributed by atoms with Crippen LogP contribution in [0.3, 0.4) is 0 Å². The lowest BCUT2D eigenvalue weighted by Crippen LogP contribution is -2.41. The van der Waals surface area contributed by atoms with E-state index in [2.05, 4.69) is 37.2 Å². The number of nitrogens with zero attached hydrogens (tertiary/aromatic N) is 4. The van der Waals surface area contributed by atoms with Crippen molar-refractivity contribution in [2.75, 3.05) is 13.2 Å². The number of ether oxygens (including phenoxy) is 1. The molecule has 3 aromatic rings. The Hall–Kier alpha value is -2.35. The first kappa shape index (κ1) is 16.1. The predicted octanol–water partition coefficient (Wildman–Crippen LogP) is 2.63. The summed E-state index contributed by atoms with van der Waals surface area (Å²) in [7, 11) is 0. The summed E-state index contributed by atoms with van der Waals surface area (Å²) in [5.41, 5.74) is 3.04. The van der Waals surface area contributed by atoms with E-state index in [1.165, 1.54) is 6.33 Å². The number of morpholine rings is 1. The number of rotatable bonds is 3. The quantitative estimate of drug-likeness (QED) is 0.701. The lowest BCUT2D eigenvalue weighted by molar-refractivity contribution is -0.000236. The van der Waals surface area contributed by atoms with Crippen LogP contribution in [-0.2, 0) is 4.74 Å². The average Bonchev–Trinajstić information content (AvgIpc) is 3.16. The highest BCUT2D eigenvalue weighted by Gasteiger charge is 2.24. The summed E-state index contributed by atoms with van der Waals surface area (Å²) in [5.74, 6) is 0.680. The van der Waals surface area contributed by atoms with E-state index in [1.54, 1.807) is 12.4 Å². The van der Waals surface area contributed by atoms with Gasteiger partial charge in [-0.3, -0.25) is 0 Å². The van der Waals surface area contributed by atoms with Crippen LogP contribution < -0.4 is 5.32 Å². The van der Waals surface area contributed by atoms with Crippen molar-refractivity contribution in [2.45, 2.75) is 19.1 Å². The molecule has 0 aliphatic carbocycles. The van der Waals surface area contributed by atoms with Gasteiger partial charge in [0.2, 0.25) is 0 Å². The van der Waals surface area contributed by atoms with Gasteiger partial charge in [-0.15, -0.1) is 0 Å². The highest BCUT2D eigenvalue weighted by atomic mass is 35.5. The normalized spacial score (nSPS) is 20.6. The van der Waals surface area contributed by atoms with E-state index < -0.39 is 0 Å². The highest BCUT2D eigenvalue weighted by molar-refractivity contribution is 6.29. The summed E-state index contributed by atoms with van der Waals surface area (Å²) >= 11 is 6.26. The van der Waals surface area contributed by atoms with Gasteiger partial charge < -0.3 is 15.0 Å².